The lowest BCUT2D eigenvalue weighted by Crippen LogP contribution is -2.31. The quantitative estimate of drug-likeness (QED) is 0.440. The summed E-state index contributed by atoms with van der Waals surface area (Å²) >= 11 is 0. The van der Waals surface area contributed by atoms with Crippen molar-refractivity contribution in [2.45, 2.75) is 45.6 Å². The highest BCUT2D eigenvalue weighted by Crippen LogP contribution is 2.41. The van der Waals surface area contributed by atoms with Crippen LogP contribution in [0.5, 0.6) is 5.75 Å². The average molecular weight is 462 g/mol. The number of aromatic carboxylic acids is 1. The molecule has 178 valence electrons. The molecular formula is C29H32FNO3. The lowest BCUT2D eigenvalue weighted by molar-refractivity contribution is 0.0695. The van der Waals surface area contributed by atoms with Crippen LogP contribution in [0.15, 0.2) is 54.6 Å². The number of hydrogen-bond acceptors (Lipinski definition) is 3. The Hall–Kier alpha value is -3.18. The molecular weight excluding hydrogens is 429 g/mol. The Morgan fingerprint density at radius 1 is 1.15 bits per heavy atom. The molecule has 0 radical (unpaired) electrons. The van der Waals surface area contributed by atoms with Crippen LogP contribution in [0.1, 0.15) is 69.0 Å². The lowest BCUT2D eigenvalue weighted by Gasteiger charge is -2.34. The number of hydrogen-bond donors (Lipinski definition) is 2. The molecule has 0 aromatic heterocycles. The van der Waals surface area contributed by atoms with Gasteiger partial charge in [0.05, 0.1) is 12.7 Å². The van der Waals surface area contributed by atoms with Crippen LogP contribution in [0.25, 0.3) is 0 Å². The summed E-state index contributed by atoms with van der Waals surface area (Å²) in [5.41, 5.74) is 6.74. The zero-order valence-corrected chi connectivity index (χ0v) is 20.2. The van der Waals surface area contributed by atoms with Crippen molar-refractivity contribution in [3.8, 4) is 5.75 Å². The van der Waals surface area contributed by atoms with Crippen molar-refractivity contribution in [3.63, 3.8) is 0 Å². The standard InChI is InChI=1S/C29H32FNO3/c1-17-9-11-23(18(2)28(17)29(32)33)25-14-20(13-22-7-5-6-8-24(22)25)16-31-19(3)21-10-12-26(30)27(15-21)34-4/h5-12,15,19-20,25,31H,13-14,16H2,1-4H3,(H,32,33)/t19-,20?,25?/m1/s1. The number of carboxylic acid groups (broad SMARTS) is 1. The maximum atomic E-state index is 13.8. The fraction of sp³-hybridized carbons (Fsp3) is 0.345. The van der Waals surface area contributed by atoms with Crippen molar-refractivity contribution in [1.82, 2.24) is 5.32 Å². The van der Waals surface area contributed by atoms with E-state index in [4.69, 9.17) is 4.74 Å². The zero-order valence-electron chi connectivity index (χ0n) is 20.2. The molecule has 0 aliphatic heterocycles. The van der Waals surface area contributed by atoms with Crippen LogP contribution in [0.4, 0.5) is 4.39 Å². The van der Waals surface area contributed by atoms with Gasteiger partial charge in [-0.05, 0) is 91.6 Å². The van der Waals surface area contributed by atoms with Gasteiger partial charge < -0.3 is 15.2 Å². The van der Waals surface area contributed by atoms with Crippen molar-refractivity contribution in [3.05, 3.63) is 99.4 Å². The minimum atomic E-state index is -0.872. The molecule has 34 heavy (non-hydrogen) atoms. The van der Waals surface area contributed by atoms with E-state index >= 15 is 0 Å². The van der Waals surface area contributed by atoms with Crippen molar-refractivity contribution in [2.24, 2.45) is 5.92 Å². The first-order valence-corrected chi connectivity index (χ1v) is 11.8. The number of nitrogens with one attached hydrogen (secondary N) is 1. The number of carboxylic acids is 1. The summed E-state index contributed by atoms with van der Waals surface area (Å²) in [5.74, 6) is -0.445. The molecule has 2 N–H and O–H groups in total. The molecule has 1 aliphatic carbocycles. The Balaban J connectivity index is 1.58. The van der Waals surface area contributed by atoms with E-state index in [0.717, 1.165) is 41.6 Å². The van der Waals surface area contributed by atoms with E-state index in [1.165, 1.54) is 24.3 Å². The predicted molar refractivity (Wildman–Crippen MR) is 132 cm³/mol. The summed E-state index contributed by atoms with van der Waals surface area (Å²) in [5, 5.41) is 13.4. The first-order chi connectivity index (χ1) is 16.3. The van der Waals surface area contributed by atoms with E-state index in [2.05, 4.69) is 42.6 Å². The summed E-state index contributed by atoms with van der Waals surface area (Å²) in [7, 11) is 1.47. The molecule has 4 rings (SSSR count). The van der Waals surface area contributed by atoms with Crippen LogP contribution in [0, 0.1) is 25.6 Å². The van der Waals surface area contributed by atoms with E-state index in [1.54, 1.807) is 12.1 Å². The molecule has 3 atom stereocenters. The molecule has 3 aromatic carbocycles. The van der Waals surface area contributed by atoms with Crippen LogP contribution in [-0.2, 0) is 6.42 Å². The highest BCUT2D eigenvalue weighted by Gasteiger charge is 2.30. The van der Waals surface area contributed by atoms with Crippen molar-refractivity contribution in [1.29, 1.82) is 0 Å². The minimum absolute atomic E-state index is 0.0462. The summed E-state index contributed by atoms with van der Waals surface area (Å²) in [6.07, 6.45) is 1.91. The minimum Gasteiger partial charge on any atom is -0.494 e. The Kier molecular flexibility index (Phi) is 7.03. The third-order valence-electron chi connectivity index (χ3n) is 7.20. The molecule has 3 aromatic rings. The summed E-state index contributed by atoms with van der Waals surface area (Å²) in [6.45, 7) is 6.67. The molecule has 4 nitrogen and oxygen atoms in total. The van der Waals surface area contributed by atoms with Crippen LogP contribution < -0.4 is 10.1 Å². The smallest absolute Gasteiger partial charge is 0.336 e. The number of aryl methyl sites for hydroxylation is 1. The van der Waals surface area contributed by atoms with Gasteiger partial charge in [0.1, 0.15) is 0 Å². The third-order valence-corrected chi connectivity index (χ3v) is 7.20. The van der Waals surface area contributed by atoms with E-state index in [9.17, 15) is 14.3 Å². The highest BCUT2D eigenvalue weighted by atomic mass is 19.1. The molecule has 0 saturated carbocycles. The highest BCUT2D eigenvalue weighted by molar-refractivity contribution is 5.91. The molecule has 0 amide bonds. The molecule has 0 heterocycles. The topological polar surface area (TPSA) is 58.6 Å². The number of carbonyl (C=O) groups is 1. The Morgan fingerprint density at radius 2 is 1.91 bits per heavy atom. The molecule has 0 spiro atoms. The first-order valence-electron chi connectivity index (χ1n) is 11.8. The molecule has 1 aliphatic rings. The van der Waals surface area contributed by atoms with Gasteiger partial charge in [0, 0.05) is 12.0 Å². The van der Waals surface area contributed by atoms with Gasteiger partial charge in [-0.1, -0.05) is 42.5 Å². The number of halogens is 1. The van der Waals surface area contributed by atoms with Gasteiger partial charge in [-0.3, -0.25) is 0 Å². The molecule has 2 unspecified atom stereocenters. The molecule has 0 bridgehead atoms. The molecule has 5 heteroatoms. The Morgan fingerprint density at radius 3 is 2.65 bits per heavy atom. The summed E-state index contributed by atoms with van der Waals surface area (Å²) in [4.78, 5) is 11.9. The van der Waals surface area contributed by atoms with E-state index in [1.807, 2.05) is 19.9 Å². The fourth-order valence-electron chi connectivity index (χ4n) is 5.34. The van der Waals surface area contributed by atoms with Crippen LogP contribution >= 0.6 is 0 Å². The van der Waals surface area contributed by atoms with Crippen molar-refractivity contribution < 1.29 is 19.0 Å². The second-order valence-electron chi connectivity index (χ2n) is 9.36. The number of fused-ring (bicyclic) bond motifs is 1. The summed E-state index contributed by atoms with van der Waals surface area (Å²) < 4.78 is 18.9. The van der Waals surface area contributed by atoms with Crippen LogP contribution in [0.3, 0.4) is 0 Å². The monoisotopic (exact) mass is 461 g/mol. The van der Waals surface area contributed by atoms with Crippen LogP contribution in [-0.4, -0.2) is 24.7 Å². The predicted octanol–water partition coefficient (Wildman–Crippen LogP) is 6.19. The maximum absolute atomic E-state index is 13.8. The van der Waals surface area contributed by atoms with E-state index < -0.39 is 5.97 Å². The Bertz CT molecular complexity index is 1210. The lowest BCUT2D eigenvalue weighted by atomic mass is 9.72. The van der Waals surface area contributed by atoms with Gasteiger partial charge in [-0.2, -0.15) is 0 Å². The van der Waals surface area contributed by atoms with Gasteiger partial charge in [0.2, 0.25) is 0 Å². The Labute approximate surface area is 200 Å². The van der Waals surface area contributed by atoms with E-state index in [-0.39, 0.29) is 23.5 Å². The fourth-order valence-corrected chi connectivity index (χ4v) is 5.34. The SMILES string of the molecule is COc1cc([C@@H](C)NCC2Cc3ccccc3C(c3ccc(C)c(C(=O)O)c3C)C2)ccc1F. The number of rotatable bonds is 7. The van der Waals surface area contributed by atoms with Crippen LogP contribution in [0.2, 0.25) is 0 Å². The average Bonchev–Trinajstić information content (AvgIpc) is 2.82. The largest absolute Gasteiger partial charge is 0.494 e. The van der Waals surface area contributed by atoms with Gasteiger partial charge >= 0.3 is 5.97 Å². The maximum Gasteiger partial charge on any atom is 0.336 e. The first kappa shape index (κ1) is 24.0. The normalized spacial score (nSPS) is 18.3. The van der Waals surface area contributed by atoms with Crippen molar-refractivity contribution in [2.75, 3.05) is 13.7 Å². The third kappa shape index (κ3) is 4.71. The number of benzene rings is 3. The van der Waals surface area contributed by atoms with Gasteiger partial charge in [-0.25, -0.2) is 9.18 Å². The van der Waals surface area contributed by atoms with Crippen molar-refractivity contribution >= 4 is 5.97 Å². The number of ether oxygens (including phenoxy) is 1. The molecule has 0 saturated heterocycles. The second kappa shape index (κ2) is 9.98. The second-order valence-corrected chi connectivity index (χ2v) is 9.36. The van der Waals surface area contributed by atoms with E-state index in [0.29, 0.717) is 11.5 Å². The number of methoxy groups -OCH3 is 1. The zero-order chi connectivity index (χ0) is 24.4. The summed E-state index contributed by atoms with van der Waals surface area (Å²) in [6, 6.07) is 17.6. The van der Waals surface area contributed by atoms with Gasteiger partial charge in [0.15, 0.2) is 11.6 Å². The molecule has 0 fully saturated rings. The van der Waals surface area contributed by atoms with Gasteiger partial charge in [-0.15, -0.1) is 0 Å². The van der Waals surface area contributed by atoms with Gasteiger partial charge in [0.25, 0.3) is 0 Å².